The molecule has 0 heterocycles. The summed E-state index contributed by atoms with van der Waals surface area (Å²) in [6.45, 7) is -0.195. The Balaban J connectivity index is 2.15. The van der Waals surface area contributed by atoms with E-state index in [1.54, 1.807) is 0 Å². The lowest BCUT2D eigenvalue weighted by Crippen LogP contribution is -2.49. The second-order valence-electron chi connectivity index (χ2n) is 4.70. The summed E-state index contributed by atoms with van der Waals surface area (Å²) in [5.74, 6) is 0. The number of hydrogen-bond acceptors (Lipinski definition) is 3. The van der Waals surface area contributed by atoms with Crippen LogP contribution in [0.1, 0.15) is 18.4 Å². The summed E-state index contributed by atoms with van der Waals surface area (Å²) in [6, 6.07) is 8.40. The van der Waals surface area contributed by atoms with Crippen LogP contribution in [0.2, 0.25) is 0 Å². The summed E-state index contributed by atoms with van der Waals surface area (Å²) in [4.78, 5) is 12.4. The van der Waals surface area contributed by atoms with Crippen molar-refractivity contribution in [2.24, 2.45) is 0 Å². The van der Waals surface area contributed by atoms with Gasteiger partial charge in [0.1, 0.15) is 0 Å². The summed E-state index contributed by atoms with van der Waals surface area (Å²) in [6.07, 6.45) is -0.0497. The molecule has 2 rings (SSSR count). The Hall–Kier alpha value is -1.59. The van der Waals surface area contributed by atoms with Crippen molar-refractivity contribution in [3.8, 4) is 0 Å². The highest BCUT2D eigenvalue weighted by Crippen LogP contribution is 2.41. The van der Waals surface area contributed by atoms with Crippen molar-refractivity contribution in [1.29, 1.82) is 0 Å². The monoisotopic (exact) mass is 251 g/mol. The minimum absolute atomic E-state index is 0.170. The van der Waals surface area contributed by atoms with Gasteiger partial charge in [0, 0.05) is 6.54 Å². The average Bonchev–Trinajstić information content (AvgIpc) is 3.09. The minimum atomic E-state index is -1.13. The van der Waals surface area contributed by atoms with Crippen LogP contribution in [-0.2, 0) is 6.54 Å². The van der Waals surface area contributed by atoms with Gasteiger partial charge in [0.25, 0.3) is 0 Å². The third-order valence-electron chi connectivity index (χ3n) is 3.37. The van der Waals surface area contributed by atoms with E-state index in [1.807, 2.05) is 30.3 Å². The number of nitrogens with zero attached hydrogens (tertiary/aromatic N) is 1. The molecule has 18 heavy (non-hydrogen) atoms. The smallest absolute Gasteiger partial charge is 0.408 e. The Morgan fingerprint density at radius 3 is 2.39 bits per heavy atom. The molecule has 98 valence electrons. The standard InChI is InChI=1S/C13H17NO4/c15-9-11(13(18)6-7-13)14(12(16)17)8-10-4-2-1-3-5-10/h1-5,11,15,18H,6-9H2,(H,16,17)/t11-/m1/s1. The summed E-state index contributed by atoms with van der Waals surface area (Å²) in [5.41, 5.74) is -0.218. The van der Waals surface area contributed by atoms with Gasteiger partial charge >= 0.3 is 6.09 Å². The molecule has 1 aliphatic carbocycles. The van der Waals surface area contributed by atoms with Crippen LogP contribution in [-0.4, -0.2) is 44.6 Å². The summed E-state index contributed by atoms with van der Waals surface area (Å²) in [7, 11) is 0. The van der Waals surface area contributed by atoms with Gasteiger partial charge in [0.05, 0.1) is 18.2 Å². The van der Waals surface area contributed by atoms with Gasteiger partial charge in [-0.05, 0) is 18.4 Å². The molecule has 0 saturated heterocycles. The van der Waals surface area contributed by atoms with Crippen LogP contribution in [0.15, 0.2) is 30.3 Å². The van der Waals surface area contributed by atoms with Crippen LogP contribution >= 0.6 is 0 Å². The zero-order valence-corrected chi connectivity index (χ0v) is 9.99. The Labute approximate surface area is 105 Å². The van der Waals surface area contributed by atoms with Crippen molar-refractivity contribution in [2.45, 2.75) is 31.0 Å². The molecule has 0 spiro atoms. The number of carboxylic acid groups (broad SMARTS) is 1. The highest BCUT2D eigenvalue weighted by atomic mass is 16.4. The van der Waals surface area contributed by atoms with Crippen LogP contribution in [0, 0.1) is 0 Å². The van der Waals surface area contributed by atoms with Crippen molar-refractivity contribution in [3.05, 3.63) is 35.9 Å². The number of aliphatic hydroxyl groups excluding tert-OH is 1. The maximum atomic E-state index is 11.3. The van der Waals surface area contributed by atoms with E-state index in [0.29, 0.717) is 12.8 Å². The van der Waals surface area contributed by atoms with Crippen molar-refractivity contribution in [1.82, 2.24) is 4.90 Å². The molecule has 5 nitrogen and oxygen atoms in total. The zero-order chi connectivity index (χ0) is 13.2. The van der Waals surface area contributed by atoms with Gasteiger partial charge in [0.15, 0.2) is 0 Å². The molecule has 1 aromatic rings. The van der Waals surface area contributed by atoms with Gasteiger partial charge in [0.2, 0.25) is 0 Å². The third-order valence-corrected chi connectivity index (χ3v) is 3.37. The fourth-order valence-electron chi connectivity index (χ4n) is 2.11. The Bertz CT molecular complexity index is 416. The lowest BCUT2D eigenvalue weighted by atomic mass is 10.1. The maximum absolute atomic E-state index is 11.3. The average molecular weight is 251 g/mol. The van der Waals surface area contributed by atoms with Crippen molar-refractivity contribution >= 4 is 6.09 Å². The lowest BCUT2D eigenvalue weighted by molar-refractivity contribution is 0.00113. The van der Waals surface area contributed by atoms with Crippen LogP contribution in [0.25, 0.3) is 0 Å². The molecular weight excluding hydrogens is 234 g/mol. The normalized spacial score (nSPS) is 18.1. The summed E-state index contributed by atoms with van der Waals surface area (Å²) >= 11 is 0. The highest BCUT2D eigenvalue weighted by molar-refractivity contribution is 5.66. The van der Waals surface area contributed by atoms with Crippen molar-refractivity contribution in [3.63, 3.8) is 0 Å². The number of carbonyl (C=O) groups is 1. The molecule has 5 heteroatoms. The van der Waals surface area contributed by atoms with Crippen LogP contribution < -0.4 is 0 Å². The Morgan fingerprint density at radius 1 is 1.33 bits per heavy atom. The molecule has 0 unspecified atom stereocenters. The lowest BCUT2D eigenvalue weighted by Gasteiger charge is -2.31. The fraction of sp³-hybridized carbons (Fsp3) is 0.462. The number of amides is 1. The predicted octanol–water partition coefficient (Wildman–Crippen LogP) is 1.05. The first-order chi connectivity index (χ1) is 8.57. The van der Waals surface area contributed by atoms with E-state index in [4.69, 9.17) is 0 Å². The van der Waals surface area contributed by atoms with Gasteiger partial charge in [-0.15, -0.1) is 0 Å². The molecule has 0 aromatic heterocycles. The molecule has 1 saturated carbocycles. The number of aliphatic hydroxyl groups is 2. The SMILES string of the molecule is O=C(O)N(Cc1ccccc1)[C@H](CO)C1(O)CC1. The molecule has 0 bridgehead atoms. The summed E-state index contributed by atoms with van der Waals surface area (Å²) in [5, 5.41) is 28.6. The van der Waals surface area contributed by atoms with Gasteiger partial charge in [-0.25, -0.2) is 4.79 Å². The first-order valence-electron chi connectivity index (χ1n) is 5.93. The Kier molecular flexibility index (Phi) is 3.54. The summed E-state index contributed by atoms with van der Waals surface area (Å²) < 4.78 is 0. The van der Waals surface area contributed by atoms with Crippen LogP contribution in [0.4, 0.5) is 4.79 Å². The fourth-order valence-corrected chi connectivity index (χ4v) is 2.11. The second-order valence-corrected chi connectivity index (χ2v) is 4.70. The minimum Gasteiger partial charge on any atom is -0.465 e. The molecule has 1 aromatic carbocycles. The Morgan fingerprint density at radius 2 is 1.94 bits per heavy atom. The number of benzene rings is 1. The molecule has 3 N–H and O–H groups in total. The molecule has 0 aliphatic heterocycles. The largest absolute Gasteiger partial charge is 0.465 e. The molecule has 1 aliphatic rings. The molecule has 1 fully saturated rings. The van der Waals surface area contributed by atoms with E-state index >= 15 is 0 Å². The van der Waals surface area contributed by atoms with Gasteiger partial charge in [-0.2, -0.15) is 0 Å². The predicted molar refractivity (Wildman–Crippen MR) is 65.1 cm³/mol. The van der Waals surface area contributed by atoms with E-state index in [0.717, 1.165) is 10.5 Å². The van der Waals surface area contributed by atoms with Gasteiger partial charge in [-0.1, -0.05) is 30.3 Å². The molecule has 1 atom stereocenters. The van der Waals surface area contributed by atoms with E-state index in [-0.39, 0.29) is 13.2 Å². The van der Waals surface area contributed by atoms with Gasteiger partial charge in [-0.3, -0.25) is 4.90 Å². The second kappa shape index (κ2) is 4.96. The van der Waals surface area contributed by atoms with Crippen molar-refractivity contribution in [2.75, 3.05) is 6.61 Å². The first kappa shape index (κ1) is 12.9. The van der Waals surface area contributed by atoms with Crippen LogP contribution in [0.3, 0.4) is 0 Å². The first-order valence-corrected chi connectivity index (χ1v) is 5.93. The zero-order valence-electron chi connectivity index (χ0n) is 9.99. The van der Waals surface area contributed by atoms with Crippen molar-refractivity contribution < 1.29 is 20.1 Å². The number of hydrogen-bond donors (Lipinski definition) is 3. The third kappa shape index (κ3) is 2.63. The molecule has 0 radical (unpaired) electrons. The number of rotatable bonds is 5. The van der Waals surface area contributed by atoms with E-state index < -0.39 is 17.7 Å². The highest BCUT2D eigenvalue weighted by Gasteiger charge is 2.51. The van der Waals surface area contributed by atoms with Crippen LogP contribution in [0.5, 0.6) is 0 Å². The quantitative estimate of drug-likeness (QED) is 0.730. The van der Waals surface area contributed by atoms with Gasteiger partial charge < -0.3 is 15.3 Å². The van der Waals surface area contributed by atoms with E-state index in [1.165, 1.54) is 0 Å². The molecular formula is C13H17NO4. The maximum Gasteiger partial charge on any atom is 0.408 e. The van der Waals surface area contributed by atoms with E-state index in [9.17, 15) is 20.1 Å². The molecule has 1 amide bonds. The van der Waals surface area contributed by atoms with E-state index in [2.05, 4.69) is 0 Å². The topological polar surface area (TPSA) is 81.0 Å².